The highest BCUT2D eigenvalue weighted by atomic mass is 32.2. The van der Waals surface area contributed by atoms with E-state index in [4.69, 9.17) is 4.74 Å². The summed E-state index contributed by atoms with van der Waals surface area (Å²) >= 11 is 0. The molecule has 3 rings (SSSR count). The first kappa shape index (κ1) is 21.0. The summed E-state index contributed by atoms with van der Waals surface area (Å²) in [5.41, 5.74) is -0.179. The van der Waals surface area contributed by atoms with Crippen molar-refractivity contribution >= 4 is 15.9 Å². The van der Waals surface area contributed by atoms with Gasteiger partial charge in [-0.3, -0.25) is 9.69 Å². The lowest BCUT2D eigenvalue weighted by Gasteiger charge is -2.46. The Balaban J connectivity index is 1.46. The minimum Gasteiger partial charge on any atom is -0.375 e. The third kappa shape index (κ3) is 6.41. The fraction of sp³-hybridized carbons (Fsp3) is 0.947. The van der Waals surface area contributed by atoms with Crippen LogP contribution in [0.25, 0.3) is 0 Å². The minimum absolute atomic E-state index is 0.179. The van der Waals surface area contributed by atoms with E-state index < -0.39 is 10.0 Å². The van der Waals surface area contributed by atoms with Crippen LogP contribution < -0.4 is 4.72 Å². The van der Waals surface area contributed by atoms with E-state index in [2.05, 4.69) is 9.62 Å². The maximum Gasteiger partial charge on any atom is 0.236 e. The van der Waals surface area contributed by atoms with Gasteiger partial charge in [-0.2, -0.15) is 0 Å². The number of nitrogens with one attached hydrogen (secondary N) is 1. The van der Waals surface area contributed by atoms with Gasteiger partial charge in [0.15, 0.2) is 0 Å². The van der Waals surface area contributed by atoms with E-state index in [1.807, 2.05) is 4.90 Å². The van der Waals surface area contributed by atoms with Crippen molar-refractivity contribution in [3.05, 3.63) is 0 Å². The van der Waals surface area contributed by atoms with Gasteiger partial charge >= 0.3 is 0 Å². The van der Waals surface area contributed by atoms with Crippen LogP contribution in [0.2, 0.25) is 0 Å². The maximum absolute atomic E-state index is 12.7. The zero-order valence-corrected chi connectivity index (χ0v) is 17.4. The van der Waals surface area contributed by atoms with Crippen molar-refractivity contribution in [1.29, 1.82) is 0 Å². The molecule has 3 aliphatic rings. The standard InChI is InChI=1S/C19H35N3O4S/c1-27(24,25)20-15-17-6-13-26-19(14-17)7-11-22(12-8-19)18(23)16-21-9-4-2-3-5-10-21/h17,20H,2-16H2,1H3. The molecule has 156 valence electrons. The van der Waals surface area contributed by atoms with Gasteiger partial charge in [0.05, 0.1) is 18.4 Å². The Morgan fingerprint density at radius 2 is 1.78 bits per heavy atom. The fourth-order valence-electron chi connectivity index (χ4n) is 4.67. The molecule has 8 heteroatoms. The molecule has 0 radical (unpaired) electrons. The molecule has 1 spiro atoms. The molecule has 3 heterocycles. The predicted molar refractivity (Wildman–Crippen MR) is 105 cm³/mol. The second-order valence-electron chi connectivity index (χ2n) is 8.58. The van der Waals surface area contributed by atoms with Crippen molar-refractivity contribution < 1.29 is 17.9 Å². The molecule has 7 nitrogen and oxygen atoms in total. The molecule has 1 N–H and O–H groups in total. The Morgan fingerprint density at radius 3 is 2.41 bits per heavy atom. The number of carbonyl (C=O) groups is 1. The van der Waals surface area contributed by atoms with Gasteiger partial charge in [0, 0.05) is 26.2 Å². The Bertz CT molecular complexity index is 594. The summed E-state index contributed by atoms with van der Waals surface area (Å²) in [5.74, 6) is 0.561. The van der Waals surface area contributed by atoms with Crippen molar-refractivity contribution in [3.63, 3.8) is 0 Å². The quantitative estimate of drug-likeness (QED) is 0.749. The number of hydrogen-bond acceptors (Lipinski definition) is 5. The SMILES string of the molecule is CS(=O)(=O)NCC1CCOC2(CCN(C(=O)CN3CCCCCC3)CC2)C1. The van der Waals surface area contributed by atoms with Crippen LogP contribution in [0.1, 0.15) is 51.4 Å². The van der Waals surface area contributed by atoms with E-state index in [0.717, 1.165) is 51.9 Å². The number of nitrogens with zero attached hydrogens (tertiary/aromatic N) is 2. The van der Waals surface area contributed by atoms with Gasteiger partial charge < -0.3 is 9.64 Å². The molecule has 0 aliphatic carbocycles. The number of likely N-dealkylation sites (tertiary alicyclic amines) is 2. The van der Waals surface area contributed by atoms with Crippen LogP contribution in [0, 0.1) is 5.92 Å². The molecule has 3 fully saturated rings. The molecule has 0 aromatic heterocycles. The summed E-state index contributed by atoms with van der Waals surface area (Å²) in [4.78, 5) is 17.0. The van der Waals surface area contributed by atoms with Crippen LogP contribution in [-0.2, 0) is 19.6 Å². The summed E-state index contributed by atoms with van der Waals surface area (Å²) in [6, 6.07) is 0. The summed E-state index contributed by atoms with van der Waals surface area (Å²) in [5, 5.41) is 0. The topological polar surface area (TPSA) is 79.0 Å². The minimum atomic E-state index is -3.15. The van der Waals surface area contributed by atoms with Gasteiger partial charge in [-0.15, -0.1) is 0 Å². The van der Waals surface area contributed by atoms with Crippen LogP contribution in [0.5, 0.6) is 0 Å². The van der Waals surface area contributed by atoms with E-state index in [1.54, 1.807) is 0 Å². The first-order valence-electron chi connectivity index (χ1n) is 10.4. The van der Waals surface area contributed by atoms with E-state index >= 15 is 0 Å². The summed E-state index contributed by atoms with van der Waals surface area (Å²) < 4.78 is 31.5. The van der Waals surface area contributed by atoms with Crippen molar-refractivity contribution in [2.75, 3.05) is 52.1 Å². The largest absolute Gasteiger partial charge is 0.375 e. The average molecular weight is 402 g/mol. The van der Waals surface area contributed by atoms with Gasteiger partial charge in [-0.05, 0) is 57.5 Å². The zero-order chi connectivity index (χ0) is 19.3. The Morgan fingerprint density at radius 1 is 1.11 bits per heavy atom. The summed E-state index contributed by atoms with van der Waals surface area (Å²) in [6.07, 6.45) is 9.65. The third-order valence-corrected chi connectivity index (χ3v) is 7.01. The highest BCUT2D eigenvalue weighted by molar-refractivity contribution is 7.88. The molecular weight excluding hydrogens is 366 g/mol. The number of amides is 1. The molecule has 0 aromatic rings. The van der Waals surface area contributed by atoms with Crippen LogP contribution in [-0.4, -0.2) is 81.9 Å². The summed E-state index contributed by atoms with van der Waals surface area (Å²) in [7, 11) is -3.15. The zero-order valence-electron chi connectivity index (χ0n) is 16.6. The summed E-state index contributed by atoms with van der Waals surface area (Å²) in [6.45, 7) is 5.30. The third-order valence-electron chi connectivity index (χ3n) is 6.31. The number of piperidine rings is 1. The Labute approximate surface area is 163 Å². The van der Waals surface area contributed by atoms with Crippen molar-refractivity contribution in [2.45, 2.75) is 57.0 Å². The lowest BCUT2D eigenvalue weighted by Crippen LogP contribution is -2.53. The molecule has 3 aliphatic heterocycles. The lowest BCUT2D eigenvalue weighted by atomic mass is 9.79. The van der Waals surface area contributed by atoms with Gasteiger partial charge in [0.25, 0.3) is 0 Å². The monoisotopic (exact) mass is 401 g/mol. The van der Waals surface area contributed by atoms with E-state index in [-0.39, 0.29) is 11.5 Å². The Kier molecular flexibility index (Phi) is 7.16. The van der Waals surface area contributed by atoms with Gasteiger partial charge in [-0.1, -0.05) is 12.8 Å². The van der Waals surface area contributed by atoms with Crippen LogP contribution in [0.4, 0.5) is 0 Å². The van der Waals surface area contributed by atoms with Crippen molar-refractivity contribution in [3.8, 4) is 0 Å². The molecule has 1 atom stereocenters. The average Bonchev–Trinajstić information content (AvgIpc) is 2.89. The molecular formula is C19H35N3O4S. The first-order chi connectivity index (χ1) is 12.9. The fourth-order valence-corrected chi connectivity index (χ4v) is 5.21. The smallest absolute Gasteiger partial charge is 0.236 e. The molecule has 1 amide bonds. The highest BCUT2D eigenvalue weighted by Crippen LogP contribution is 2.37. The van der Waals surface area contributed by atoms with Crippen LogP contribution in [0.15, 0.2) is 0 Å². The highest BCUT2D eigenvalue weighted by Gasteiger charge is 2.41. The molecule has 1 unspecified atom stereocenters. The normalized spacial score (nSPS) is 27.4. The maximum atomic E-state index is 12.7. The predicted octanol–water partition coefficient (Wildman–Crippen LogP) is 1.20. The number of carbonyl (C=O) groups excluding carboxylic acids is 1. The van der Waals surface area contributed by atoms with E-state index in [9.17, 15) is 13.2 Å². The first-order valence-corrected chi connectivity index (χ1v) is 12.3. The van der Waals surface area contributed by atoms with Crippen LogP contribution in [0.3, 0.4) is 0 Å². The Hall–Kier alpha value is -0.700. The number of sulfonamides is 1. The van der Waals surface area contributed by atoms with Crippen LogP contribution >= 0.6 is 0 Å². The van der Waals surface area contributed by atoms with Crippen molar-refractivity contribution in [1.82, 2.24) is 14.5 Å². The second kappa shape index (κ2) is 9.20. The van der Waals surface area contributed by atoms with Crippen molar-refractivity contribution in [2.24, 2.45) is 5.92 Å². The number of hydrogen-bond donors (Lipinski definition) is 1. The number of rotatable bonds is 5. The van der Waals surface area contributed by atoms with Gasteiger partial charge in [0.1, 0.15) is 0 Å². The van der Waals surface area contributed by atoms with Gasteiger partial charge in [0.2, 0.25) is 15.9 Å². The lowest BCUT2D eigenvalue weighted by molar-refractivity contribution is -0.147. The number of ether oxygens (including phenoxy) is 1. The van der Waals surface area contributed by atoms with E-state index in [0.29, 0.717) is 25.6 Å². The van der Waals surface area contributed by atoms with Gasteiger partial charge in [-0.25, -0.2) is 13.1 Å². The molecule has 0 bridgehead atoms. The second-order valence-corrected chi connectivity index (χ2v) is 10.4. The molecule has 27 heavy (non-hydrogen) atoms. The molecule has 0 saturated carbocycles. The van der Waals surface area contributed by atoms with E-state index in [1.165, 1.54) is 31.9 Å². The molecule has 3 saturated heterocycles. The molecule has 0 aromatic carbocycles.